The highest BCUT2D eigenvalue weighted by atomic mass is 16.5. The maximum atomic E-state index is 7.17. The van der Waals surface area contributed by atoms with Gasteiger partial charge in [-0.3, -0.25) is 0 Å². The Hall–Kier alpha value is -3.64. The minimum absolute atomic E-state index is 0.518. The van der Waals surface area contributed by atoms with Crippen LogP contribution in [0, 0.1) is 0 Å². The number of ether oxygens (including phenoxy) is 3. The topological polar surface area (TPSA) is 43.0 Å². The Morgan fingerprint density at radius 3 is 2.34 bits per heavy atom. The summed E-state index contributed by atoms with van der Waals surface area (Å²) in [6.45, 7) is 5.86. The van der Waals surface area contributed by atoms with E-state index in [1.54, 1.807) is 0 Å². The number of nitrogens with one attached hydrogen (secondary N) is 1. The van der Waals surface area contributed by atoms with Crippen LogP contribution in [-0.2, 0) is 21.5 Å². The van der Waals surface area contributed by atoms with E-state index in [-0.39, 0.29) is 0 Å². The van der Waals surface area contributed by atoms with Gasteiger partial charge in [0.15, 0.2) is 5.60 Å². The van der Waals surface area contributed by atoms with Gasteiger partial charge >= 0.3 is 0 Å². The Kier molecular flexibility index (Phi) is 7.49. The molecule has 0 aliphatic carbocycles. The Balaban J connectivity index is 1.25. The van der Waals surface area contributed by atoms with Gasteiger partial charge in [-0.1, -0.05) is 78.9 Å². The number of morpholine rings is 1. The number of fused-ring (bicyclic) bond motifs is 3. The molecule has 0 bridgehead atoms. The van der Waals surface area contributed by atoms with Crippen molar-refractivity contribution >= 4 is 22.5 Å². The predicted molar refractivity (Wildman–Crippen MR) is 166 cm³/mol. The van der Waals surface area contributed by atoms with E-state index in [1.165, 1.54) is 22.0 Å². The molecule has 41 heavy (non-hydrogen) atoms. The van der Waals surface area contributed by atoms with Crippen LogP contribution >= 0.6 is 0 Å². The summed E-state index contributed by atoms with van der Waals surface area (Å²) in [6, 6.07) is 31.1. The van der Waals surface area contributed by atoms with Crippen LogP contribution in [0.2, 0.25) is 0 Å². The summed E-state index contributed by atoms with van der Waals surface area (Å²) in [4.78, 5) is 2.43. The van der Waals surface area contributed by atoms with Gasteiger partial charge in [-0.25, -0.2) is 0 Å². The van der Waals surface area contributed by atoms with E-state index >= 15 is 0 Å². The highest BCUT2D eigenvalue weighted by Crippen LogP contribution is 2.46. The Morgan fingerprint density at radius 2 is 1.51 bits per heavy atom. The third kappa shape index (κ3) is 5.26. The fraction of sp³-hybridized carbons (Fsp3) is 0.333. The van der Waals surface area contributed by atoms with Gasteiger partial charge in [-0.05, 0) is 42.4 Å². The SMILES string of the molecule is C1=CC(c2ccccc2)(c2ccc(CC[C@@H]3CCOCCN3)cc2)Oc2cc(N3CCOCC3)c3ccccc3c21. The van der Waals surface area contributed by atoms with Gasteiger partial charge in [0.05, 0.1) is 19.8 Å². The second-order valence-corrected chi connectivity index (χ2v) is 11.3. The second kappa shape index (κ2) is 11.7. The van der Waals surface area contributed by atoms with Crippen molar-refractivity contribution < 1.29 is 14.2 Å². The summed E-state index contributed by atoms with van der Waals surface area (Å²) in [5.41, 5.74) is 5.26. The van der Waals surface area contributed by atoms with Gasteiger partial charge in [0.25, 0.3) is 0 Å². The summed E-state index contributed by atoms with van der Waals surface area (Å²) in [5, 5.41) is 6.10. The number of hydrogen-bond acceptors (Lipinski definition) is 5. The molecule has 3 aliphatic rings. The van der Waals surface area contributed by atoms with Crippen LogP contribution in [0.1, 0.15) is 35.1 Å². The number of hydrogen-bond donors (Lipinski definition) is 1. The van der Waals surface area contributed by atoms with Crippen molar-refractivity contribution in [2.24, 2.45) is 0 Å². The van der Waals surface area contributed by atoms with E-state index in [1.807, 2.05) is 0 Å². The molecule has 2 fully saturated rings. The Bertz CT molecular complexity index is 1500. The lowest BCUT2D eigenvalue weighted by Gasteiger charge is -2.38. The third-order valence-electron chi connectivity index (χ3n) is 8.79. The summed E-state index contributed by atoms with van der Waals surface area (Å²) >= 11 is 0. The molecule has 3 heterocycles. The number of rotatable bonds is 6. The van der Waals surface area contributed by atoms with Crippen molar-refractivity contribution in [3.05, 3.63) is 113 Å². The minimum atomic E-state index is -0.711. The summed E-state index contributed by atoms with van der Waals surface area (Å²) in [6.07, 6.45) is 7.76. The van der Waals surface area contributed by atoms with Crippen LogP contribution in [-0.4, -0.2) is 52.1 Å². The largest absolute Gasteiger partial charge is 0.473 e. The van der Waals surface area contributed by atoms with E-state index in [2.05, 4.69) is 107 Å². The van der Waals surface area contributed by atoms with Gasteiger partial charge in [0.2, 0.25) is 0 Å². The molecule has 7 rings (SSSR count). The normalized spacial score (nSPS) is 22.6. The third-order valence-corrected chi connectivity index (χ3v) is 8.79. The molecule has 4 aromatic carbocycles. The molecular weight excluding hydrogens is 508 g/mol. The summed E-state index contributed by atoms with van der Waals surface area (Å²) in [5.74, 6) is 0.919. The quantitative estimate of drug-likeness (QED) is 0.306. The number of aryl methyl sites for hydroxylation is 1. The lowest BCUT2D eigenvalue weighted by atomic mass is 9.82. The Labute approximate surface area is 242 Å². The predicted octanol–water partition coefficient (Wildman–Crippen LogP) is 6.34. The molecular formula is C36H38N2O3. The maximum absolute atomic E-state index is 7.17. The molecule has 2 atom stereocenters. The minimum Gasteiger partial charge on any atom is -0.473 e. The summed E-state index contributed by atoms with van der Waals surface area (Å²) < 4.78 is 18.5. The first-order valence-electron chi connectivity index (χ1n) is 15.0. The molecule has 5 heteroatoms. The zero-order valence-corrected chi connectivity index (χ0v) is 23.6. The smallest absolute Gasteiger partial charge is 0.178 e. The van der Waals surface area contributed by atoms with Crippen LogP contribution in [0.25, 0.3) is 16.8 Å². The molecule has 0 radical (unpaired) electrons. The fourth-order valence-electron chi connectivity index (χ4n) is 6.52. The van der Waals surface area contributed by atoms with Crippen LogP contribution in [0.15, 0.2) is 91.0 Å². The average Bonchev–Trinajstić information content (AvgIpc) is 3.33. The van der Waals surface area contributed by atoms with Gasteiger partial charge in [-0.15, -0.1) is 0 Å². The molecule has 0 aromatic heterocycles. The van der Waals surface area contributed by atoms with E-state index in [4.69, 9.17) is 14.2 Å². The van der Waals surface area contributed by atoms with E-state index < -0.39 is 5.60 Å². The lowest BCUT2D eigenvalue weighted by molar-refractivity contribution is 0.122. The van der Waals surface area contributed by atoms with E-state index in [0.29, 0.717) is 6.04 Å². The molecule has 1 N–H and O–H groups in total. The number of anilines is 1. The molecule has 1 unspecified atom stereocenters. The van der Waals surface area contributed by atoms with Crippen molar-refractivity contribution in [1.29, 1.82) is 0 Å². The van der Waals surface area contributed by atoms with Crippen LogP contribution in [0.4, 0.5) is 5.69 Å². The second-order valence-electron chi connectivity index (χ2n) is 11.3. The zero-order valence-electron chi connectivity index (χ0n) is 23.6. The van der Waals surface area contributed by atoms with Gasteiger partial charge in [0.1, 0.15) is 5.75 Å². The van der Waals surface area contributed by atoms with Gasteiger partial charge < -0.3 is 24.4 Å². The number of nitrogens with zero attached hydrogens (tertiary/aromatic N) is 1. The highest BCUT2D eigenvalue weighted by molar-refractivity contribution is 6.02. The van der Waals surface area contributed by atoms with Crippen molar-refractivity contribution in [3.8, 4) is 5.75 Å². The summed E-state index contributed by atoms with van der Waals surface area (Å²) in [7, 11) is 0. The molecule has 3 aliphatic heterocycles. The first-order valence-corrected chi connectivity index (χ1v) is 15.0. The molecule has 0 amide bonds. The molecule has 210 valence electrons. The molecule has 5 nitrogen and oxygen atoms in total. The highest BCUT2D eigenvalue weighted by Gasteiger charge is 2.38. The first kappa shape index (κ1) is 26.3. The van der Waals surface area contributed by atoms with Crippen molar-refractivity contribution in [1.82, 2.24) is 5.32 Å². The van der Waals surface area contributed by atoms with Crippen LogP contribution in [0.3, 0.4) is 0 Å². The molecule has 4 aromatic rings. The monoisotopic (exact) mass is 546 g/mol. The van der Waals surface area contributed by atoms with Gasteiger partial charge in [0, 0.05) is 66.1 Å². The molecule has 0 saturated carbocycles. The lowest BCUT2D eigenvalue weighted by Crippen LogP contribution is -2.37. The van der Waals surface area contributed by atoms with E-state index in [9.17, 15) is 0 Å². The number of benzene rings is 4. The Morgan fingerprint density at radius 1 is 0.780 bits per heavy atom. The molecule has 0 spiro atoms. The van der Waals surface area contributed by atoms with Crippen LogP contribution < -0.4 is 15.0 Å². The first-order chi connectivity index (χ1) is 20.3. The van der Waals surface area contributed by atoms with Gasteiger partial charge in [-0.2, -0.15) is 0 Å². The molecule has 2 saturated heterocycles. The van der Waals surface area contributed by atoms with E-state index in [0.717, 1.165) is 87.8 Å². The van der Waals surface area contributed by atoms with Crippen molar-refractivity contribution in [2.75, 3.05) is 51.0 Å². The average molecular weight is 547 g/mol. The standard InChI is InChI=1S/C36H38N2O3/c1-2-6-28(7-3-1)36(29-13-10-27(11-14-29)12-15-30-17-22-39-23-19-37-30)18-16-33-31-8-4-5-9-32(31)34(26-35(33)41-36)38-20-24-40-25-21-38/h1-11,13-14,16,18,26,30,37H,12,15,17,19-25H2/t30-,36?/m1/s1. The zero-order chi connectivity index (χ0) is 27.5. The fourth-order valence-corrected chi connectivity index (χ4v) is 6.52. The maximum Gasteiger partial charge on any atom is 0.178 e. The van der Waals surface area contributed by atoms with Crippen molar-refractivity contribution in [2.45, 2.75) is 30.9 Å². The van der Waals surface area contributed by atoms with Crippen LogP contribution in [0.5, 0.6) is 5.75 Å². The van der Waals surface area contributed by atoms with Crippen molar-refractivity contribution in [3.63, 3.8) is 0 Å².